The minimum Gasteiger partial charge on any atom is -0.192 e. The Morgan fingerprint density at radius 3 is 2.18 bits per heavy atom. The van der Waals surface area contributed by atoms with Gasteiger partial charge >= 0.3 is 10.1 Å². The highest BCUT2D eigenvalue weighted by Crippen LogP contribution is 2.28. The third-order valence-corrected chi connectivity index (χ3v) is 3.38. The second-order valence-electron chi connectivity index (χ2n) is 3.82. The third-order valence-electron chi connectivity index (χ3n) is 2.49. The molecule has 2 aromatic carbocycles. The van der Waals surface area contributed by atoms with Crippen molar-refractivity contribution in [2.45, 2.75) is 11.8 Å². The normalized spacial score (nSPS) is 11.4. The molecule has 0 bridgehead atoms. The SMILES string of the molecule is Cc1ccc(S([O])(=O)=O)c(-c2ccccc2)c1. The third kappa shape index (κ3) is 2.54. The lowest BCUT2D eigenvalue weighted by atomic mass is 10.0. The standard InChI is InChI=1S/C13H11O3S/c1-10-7-8-13(17(14,15)16)12(9-10)11-5-3-2-4-6-11/h2-9H,1H3. The van der Waals surface area contributed by atoms with Crippen molar-refractivity contribution in [3.8, 4) is 11.1 Å². The monoisotopic (exact) mass is 247 g/mol. The van der Waals surface area contributed by atoms with Gasteiger partial charge in [-0.05, 0) is 18.6 Å². The van der Waals surface area contributed by atoms with Crippen molar-refractivity contribution in [3.63, 3.8) is 0 Å². The molecule has 0 atom stereocenters. The molecule has 0 saturated heterocycles. The molecule has 0 aliphatic carbocycles. The summed E-state index contributed by atoms with van der Waals surface area (Å²) in [6, 6.07) is 13.7. The molecule has 0 aliphatic rings. The van der Waals surface area contributed by atoms with Crippen LogP contribution < -0.4 is 0 Å². The smallest absolute Gasteiger partial charge is 0.192 e. The van der Waals surface area contributed by atoms with Gasteiger partial charge in [-0.1, -0.05) is 52.6 Å². The van der Waals surface area contributed by atoms with Crippen LogP contribution in [0.25, 0.3) is 11.1 Å². The Kier molecular flexibility index (Phi) is 3.00. The molecule has 1 radical (unpaired) electrons. The van der Waals surface area contributed by atoms with Crippen LogP contribution in [0.15, 0.2) is 53.4 Å². The highest BCUT2D eigenvalue weighted by molar-refractivity contribution is 7.85. The van der Waals surface area contributed by atoms with Crippen LogP contribution >= 0.6 is 0 Å². The molecule has 2 rings (SSSR count). The van der Waals surface area contributed by atoms with Gasteiger partial charge in [0.05, 0.1) is 0 Å². The van der Waals surface area contributed by atoms with Crippen LogP contribution in [0.1, 0.15) is 5.56 Å². The van der Waals surface area contributed by atoms with Gasteiger partial charge in [-0.2, -0.15) is 8.42 Å². The maximum atomic E-state index is 11.2. The molecular weight excluding hydrogens is 236 g/mol. The van der Waals surface area contributed by atoms with E-state index < -0.39 is 10.1 Å². The van der Waals surface area contributed by atoms with Crippen molar-refractivity contribution in [3.05, 3.63) is 54.1 Å². The van der Waals surface area contributed by atoms with Gasteiger partial charge in [0.25, 0.3) is 0 Å². The molecular formula is C13H11O3S. The lowest BCUT2D eigenvalue weighted by Crippen LogP contribution is -1.99. The van der Waals surface area contributed by atoms with Gasteiger partial charge in [-0.15, -0.1) is 0 Å². The summed E-state index contributed by atoms with van der Waals surface area (Å²) in [5.41, 5.74) is 2.10. The molecule has 0 N–H and O–H groups in total. The molecule has 0 unspecified atom stereocenters. The highest BCUT2D eigenvalue weighted by atomic mass is 32.2. The summed E-state index contributed by atoms with van der Waals surface area (Å²) in [4.78, 5) is -0.172. The second kappa shape index (κ2) is 4.31. The maximum Gasteiger partial charge on any atom is 0.324 e. The van der Waals surface area contributed by atoms with E-state index in [1.54, 1.807) is 36.4 Å². The van der Waals surface area contributed by atoms with Crippen LogP contribution in [0.4, 0.5) is 0 Å². The highest BCUT2D eigenvalue weighted by Gasteiger charge is 2.17. The first-order valence-corrected chi connectivity index (χ1v) is 6.51. The molecule has 0 saturated carbocycles. The first-order valence-electron chi connectivity index (χ1n) is 5.10. The van der Waals surface area contributed by atoms with E-state index in [9.17, 15) is 13.0 Å². The summed E-state index contributed by atoms with van der Waals surface area (Å²) >= 11 is 0. The molecule has 17 heavy (non-hydrogen) atoms. The fraction of sp³-hybridized carbons (Fsp3) is 0.0769. The molecule has 4 heteroatoms. The van der Waals surface area contributed by atoms with E-state index in [0.717, 1.165) is 11.1 Å². The quantitative estimate of drug-likeness (QED) is 0.819. The Hall–Kier alpha value is -1.65. The Balaban J connectivity index is 2.72. The first kappa shape index (κ1) is 11.8. The zero-order chi connectivity index (χ0) is 12.5. The summed E-state index contributed by atoms with van der Waals surface area (Å²) in [7, 11) is -4.45. The molecule has 0 spiro atoms. The summed E-state index contributed by atoms with van der Waals surface area (Å²) < 4.78 is 33.5. The molecule has 2 aromatic rings. The molecule has 87 valence electrons. The van der Waals surface area contributed by atoms with E-state index in [4.69, 9.17) is 0 Å². The molecule has 3 nitrogen and oxygen atoms in total. The number of rotatable bonds is 2. The average molecular weight is 247 g/mol. The van der Waals surface area contributed by atoms with Gasteiger partial charge < -0.3 is 0 Å². The van der Waals surface area contributed by atoms with E-state index in [1.807, 2.05) is 13.0 Å². The number of aryl methyl sites for hydroxylation is 1. The summed E-state index contributed by atoms with van der Waals surface area (Å²) in [6.45, 7) is 1.85. The Morgan fingerprint density at radius 1 is 0.941 bits per heavy atom. The molecule has 0 aromatic heterocycles. The van der Waals surface area contributed by atoms with Crippen LogP contribution in [0.2, 0.25) is 0 Å². The second-order valence-corrected chi connectivity index (χ2v) is 5.17. The van der Waals surface area contributed by atoms with Gasteiger partial charge in [-0.25, -0.2) is 0 Å². The van der Waals surface area contributed by atoms with Crippen molar-refractivity contribution in [1.82, 2.24) is 0 Å². The molecule has 0 aliphatic heterocycles. The van der Waals surface area contributed by atoms with E-state index >= 15 is 0 Å². The zero-order valence-corrected chi connectivity index (χ0v) is 10.1. The van der Waals surface area contributed by atoms with Crippen LogP contribution in [-0.4, -0.2) is 8.42 Å². The van der Waals surface area contributed by atoms with Crippen LogP contribution in [0, 0.1) is 6.92 Å². The molecule has 0 heterocycles. The lowest BCUT2D eigenvalue weighted by Gasteiger charge is -2.07. The van der Waals surface area contributed by atoms with Crippen LogP contribution in [0.5, 0.6) is 0 Å². The fourth-order valence-corrected chi connectivity index (χ4v) is 2.39. The van der Waals surface area contributed by atoms with E-state index in [2.05, 4.69) is 0 Å². The maximum absolute atomic E-state index is 11.2. The van der Waals surface area contributed by atoms with Crippen LogP contribution in [-0.2, 0) is 14.7 Å². The van der Waals surface area contributed by atoms with Gasteiger partial charge in [0.15, 0.2) is 0 Å². The number of hydrogen-bond donors (Lipinski definition) is 0. The Morgan fingerprint density at radius 2 is 1.59 bits per heavy atom. The Bertz CT molecular complexity index is 631. The fourth-order valence-electron chi connectivity index (χ4n) is 1.71. The predicted molar refractivity (Wildman–Crippen MR) is 64.5 cm³/mol. The van der Waals surface area contributed by atoms with Gasteiger partial charge in [0.1, 0.15) is 4.90 Å². The van der Waals surface area contributed by atoms with Gasteiger partial charge in [0, 0.05) is 5.56 Å². The minimum atomic E-state index is -4.45. The Labute approximate surface area is 100 Å². The van der Waals surface area contributed by atoms with E-state index in [0.29, 0.717) is 5.56 Å². The zero-order valence-electron chi connectivity index (χ0n) is 9.25. The summed E-state index contributed by atoms with van der Waals surface area (Å²) in [6.07, 6.45) is 0. The van der Waals surface area contributed by atoms with Crippen LogP contribution in [0.3, 0.4) is 0 Å². The minimum absolute atomic E-state index is 0.172. The van der Waals surface area contributed by atoms with E-state index in [1.165, 1.54) is 6.07 Å². The van der Waals surface area contributed by atoms with E-state index in [-0.39, 0.29) is 4.90 Å². The predicted octanol–water partition coefficient (Wildman–Crippen LogP) is 2.78. The van der Waals surface area contributed by atoms with Crippen molar-refractivity contribution in [2.75, 3.05) is 0 Å². The lowest BCUT2D eigenvalue weighted by molar-refractivity contribution is 0.414. The topological polar surface area (TPSA) is 54.0 Å². The van der Waals surface area contributed by atoms with Crippen molar-refractivity contribution < 1.29 is 13.0 Å². The van der Waals surface area contributed by atoms with Gasteiger partial charge in [-0.3, -0.25) is 0 Å². The first-order chi connectivity index (χ1) is 7.98. The largest absolute Gasteiger partial charge is 0.324 e. The number of hydrogen-bond acceptors (Lipinski definition) is 2. The van der Waals surface area contributed by atoms with Crippen molar-refractivity contribution in [2.24, 2.45) is 0 Å². The van der Waals surface area contributed by atoms with Crippen molar-refractivity contribution >= 4 is 10.1 Å². The van der Waals surface area contributed by atoms with Crippen molar-refractivity contribution in [1.29, 1.82) is 0 Å². The average Bonchev–Trinajstić information content (AvgIpc) is 2.28. The van der Waals surface area contributed by atoms with Gasteiger partial charge in [0.2, 0.25) is 0 Å². The number of benzene rings is 2. The molecule has 0 fully saturated rings. The molecule has 0 amide bonds. The summed E-state index contributed by atoms with van der Waals surface area (Å²) in [5, 5.41) is 0. The summed E-state index contributed by atoms with van der Waals surface area (Å²) in [5.74, 6) is 0.